The number of nitrogen functional groups attached to an aromatic ring is 1. The van der Waals surface area contributed by atoms with Crippen molar-refractivity contribution in [2.45, 2.75) is 30.6 Å². The fraction of sp³-hybridized carbons (Fsp3) is 0.571. The molecule has 2 fully saturated rings. The standard InChI is InChI=1S/C14H18BrClN2O2S/c15-14-12(17)5-10(16)6-13(14)21(19,20)18-7-11(8-1-2-8)9-3-4-9/h5-6,8-9,11,18H,1-4,7,17H2. The molecule has 2 aliphatic rings. The first-order chi connectivity index (χ1) is 9.88. The zero-order chi connectivity index (χ0) is 15.2. The number of sulfonamides is 1. The summed E-state index contributed by atoms with van der Waals surface area (Å²) in [4.78, 5) is 0.109. The van der Waals surface area contributed by atoms with Gasteiger partial charge in [-0.3, -0.25) is 0 Å². The van der Waals surface area contributed by atoms with Gasteiger partial charge in [-0.15, -0.1) is 0 Å². The van der Waals surface area contributed by atoms with Crippen LogP contribution in [0.4, 0.5) is 5.69 Å². The molecule has 1 aromatic carbocycles. The predicted octanol–water partition coefficient (Wildman–Crippen LogP) is 3.40. The van der Waals surface area contributed by atoms with Crippen LogP contribution < -0.4 is 10.5 Å². The first kappa shape index (κ1) is 15.6. The molecule has 7 heteroatoms. The Morgan fingerprint density at radius 3 is 2.38 bits per heavy atom. The number of nitrogens with one attached hydrogen (secondary N) is 1. The van der Waals surface area contributed by atoms with Gasteiger partial charge in [-0.05, 0) is 71.5 Å². The van der Waals surface area contributed by atoms with Crippen molar-refractivity contribution in [2.75, 3.05) is 12.3 Å². The molecule has 3 N–H and O–H groups in total. The van der Waals surface area contributed by atoms with Crippen molar-refractivity contribution in [1.29, 1.82) is 0 Å². The average molecular weight is 394 g/mol. The lowest BCUT2D eigenvalue weighted by Gasteiger charge is -2.17. The highest BCUT2D eigenvalue weighted by molar-refractivity contribution is 9.10. The van der Waals surface area contributed by atoms with Crippen LogP contribution in [0.2, 0.25) is 5.02 Å². The molecule has 4 nitrogen and oxygen atoms in total. The molecule has 3 rings (SSSR count). The van der Waals surface area contributed by atoms with E-state index >= 15 is 0 Å². The van der Waals surface area contributed by atoms with Gasteiger partial charge < -0.3 is 5.73 Å². The number of nitrogens with two attached hydrogens (primary N) is 1. The van der Waals surface area contributed by atoms with Crippen LogP contribution in [0.1, 0.15) is 25.7 Å². The molecule has 2 saturated carbocycles. The van der Waals surface area contributed by atoms with E-state index in [1.54, 1.807) is 0 Å². The Morgan fingerprint density at radius 2 is 1.86 bits per heavy atom. The van der Waals surface area contributed by atoms with Gasteiger partial charge in [0.15, 0.2) is 0 Å². The summed E-state index contributed by atoms with van der Waals surface area (Å²) in [5.41, 5.74) is 6.09. The molecule has 116 valence electrons. The zero-order valence-corrected chi connectivity index (χ0v) is 14.6. The Balaban J connectivity index is 1.77. The van der Waals surface area contributed by atoms with E-state index in [9.17, 15) is 8.42 Å². The maximum atomic E-state index is 12.5. The van der Waals surface area contributed by atoms with Crippen LogP contribution in [0.3, 0.4) is 0 Å². The number of hydrogen-bond acceptors (Lipinski definition) is 3. The smallest absolute Gasteiger partial charge is 0.241 e. The van der Waals surface area contributed by atoms with E-state index in [2.05, 4.69) is 20.7 Å². The van der Waals surface area contributed by atoms with Crippen LogP contribution in [-0.4, -0.2) is 15.0 Å². The second-order valence-electron chi connectivity index (χ2n) is 6.00. The summed E-state index contributed by atoms with van der Waals surface area (Å²) in [7, 11) is -3.60. The summed E-state index contributed by atoms with van der Waals surface area (Å²) in [5.74, 6) is 1.89. The summed E-state index contributed by atoms with van der Waals surface area (Å²) in [6.45, 7) is 0.510. The topological polar surface area (TPSA) is 72.2 Å². The van der Waals surface area contributed by atoms with E-state index in [1.807, 2.05) is 0 Å². The maximum absolute atomic E-state index is 12.5. The van der Waals surface area contributed by atoms with Crippen molar-refractivity contribution in [3.05, 3.63) is 21.6 Å². The Hall–Kier alpha value is -0.300. The molecule has 0 aromatic heterocycles. The first-order valence-electron chi connectivity index (χ1n) is 7.12. The van der Waals surface area contributed by atoms with Crippen molar-refractivity contribution in [2.24, 2.45) is 17.8 Å². The fourth-order valence-electron chi connectivity index (χ4n) is 2.83. The average Bonchev–Trinajstić information content (AvgIpc) is 3.25. The van der Waals surface area contributed by atoms with Gasteiger partial charge >= 0.3 is 0 Å². The third kappa shape index (κ3) is 3.55. The van der Waals surface area contributed by atoms with E-state index in [1.165, 1.54) is 37.8 Å². The molecular weight excluding hydrogens is 376 g/mol. The number of rotatable bonds is 6. The summed E-state index contributed by atoms with van der Waals surface area (Å²) >= 11 is 9.16. The van der Waals surface area contributed by atoms with Crippen molar-refractivity contribution < 1.29 is 8.42 Å². The normalized spacial score (nSPS) is 19.2. The lowest BCUT2D eigenvalue weighted by Crippen LogP contribution is -2.31. The third-order valence-corrected chi connectivity index (χ3v) is 7.10. The Morgan fingerprint density at radius 1 is 1.29 bits per heavy atom. The first-order valence-corrected chi connectivity index (χ1v) is 9.78. The van der Waals surface area contributed by atoms with Crippen LogP contribution in [0.15, 0.2) is 21.5 Å². The lowest BCUT2D eigenvalue weighted by atomic mass is 9.99. The van der Waals surface area contributed by atoms with Crippen LogP contribution in [0.5, 0.6) is 0 Å². The van der Waals surface area contributed by atoms with Crippen LogP contribution in [0.25, 0.3) is 0 Å². The summed E-state index contributed by atoms with van der Waals surface area (Å²) < 4.78 is 28.1. The van der Waals surface area contributed by atoms with Crippen LogP contribution in [0, 0.1) is 17.8 Å². The minimum Gasteiger partial charge on any atom is -0.398 e. The molecule has 1 aromatic rings. The Kier molecular flexibility index (Phi) is 4.25. The van der Waals surface area contributed by atoms with Crippen LogP contribution in [-0.2, 0) is 10.0 Å². The Bertz CT molecular complexity index is 645. The lowest BCUT2D eigenvalue weighted by molar-refractivity contribution is 0.401. The molecule has 21 heavy (non-hydrogen) atoms. The molecule has 0 atom stereocenters. The molecule has 0 amide bonds. The van der Waals surface area contributed by atoms with Crippen molar-refractivity contribution in [1.82, 2.24) is 4.72 Å². The van der Waals surface area contributed by atoms with E-state index < -0.39 is 10.0 Å². The SMILES string of the molecule is Nc1cc(Cl)cc(S(=O)(=O)NCC(C2CC2)C2CC2)c1Br. The summed E-state index contributed by atoms with van der Waals surface area (Å²) in [6, 6.07) is 2.95. The number of anilines is 1. The van der Waals surface area contributed by atoms with E-state index in [0.717, 1.165) is 0 Å². The molecule has 2 aliphatic carbocycles. The molecule has 0 spiro atoms. The number of benzene rings is 1. The van der Waals surface area contributed by atoms with E-state index in [-0.39, 0.29) is 4.90 Å². The Labute approximate surface area is 138 Å². The molecular formula is C14H18BrClN2O2S. The highest BCUT2D eigenvalue weighted by atomic mass is 79.9. The second kappa shape index (κ2) is 5.72. The zero-order valence-electron chi connectivity index (χ0n) is 11.5. The molecule has 0 aliphatic heterocycles. The number of hydrogen-bond donors (Lipinski definition) is 2. The number of halogens is 2. The van der Waals surface area contributed by atoms with Gasteiger partial charge in [0.25, 0.3) is 0 Å². The van der Waals surface area contributed by atoms with E-state index in [0.29, 0.717) is 39.5 Å². The van der Waals surface area contributed by atoms with Gasteiger partial charge in [0.05, 0.1) is 9.37 Å². The van der Waals surface area contributed by atoms with Crippen molar-refractivity contribution in [3.63, 3.8) is 0 Å². The monoisotopic (exact) mass is 392 g/mol. The van der Waals surface area contributed by atoms with Crippen molar-refractivity contribution >= 4 is 43.2 Å². The van der Waals surface area contributed by atoms with Gasteiger partial charge in [0.2, 0.25) is 10.0 Å². The third-order valence-electron chi connectivity index (χ3n) is 4.29. The molecule has 0 radical (unpaired) electrons. The van der Waals surface area contributed by atoms with Crippen LogP contribution >= 0.6 is 27.5 Å². The van der Waals surface area contributed by atoms with Crippen molar-refractivity contribution in [3.8, 4) is 0 Å². The van der Waals surface area contributed by atoms with Gasteiger partial charge in [0, 0.05) is 17.3 Å². The maximum Gasteiger partial charge on any atom is 0.241 e. The molecule has 0 heterocycles. The minimum atomic E-state index is -3.60. The second-order valence-corrected chi connectivity index (χ2v) is 8.96. The van der Waals surface area contributed by atoms with Gasteiger partial charge in [-0.2, -0.15) is 0 Å². The quantitative estimate of drug-likeness (QED) is 0.728. The largest absolute Gasteiger partial charge is 0.398 e. The molecule has 0 saturated heterocycles. The summed E-state index contributed by atoms with van der Waals surface area (Å²) in [6.07, 6.45) is 4.93. The predicted molar refractivity (Wildman–Crippen MR) is 87.7 cm³/mol. The fourth-order valence-corrected chi connectivity index (χ4v) is 5.19. The molecule has 0 bridgehead atoms. The van der Waals surface area contributed by atoms with Gasteiger partial charge in [0.1, 0.15) is 0 Å². The molecule has 0 unspecified atom stereocenters. The van der Waals surface area contributed by atoms with Gasteiger partial charge in [-0.25, -0.2) is 13.1 Å². The van der Waals surface area contributed by atoms with E-state index in [4.69, 9.17) is 17.3 Å². The van der Waals surface area contributed by atoms with Gasteiger partial charge in [-0.1, -0.05) is 11.6 Å². The highest BCUT2D eigenvalue weighted by Crippen LogP contribution is 2.49. The highest BCUT2D eigenvalue weighted by Gasteiger charge is 2.41. The minimum absolute atomic E-state index is 0.109. The summed E-state index contributed by atoms with van der Waals surface area (Å²) in [5, 5.41) is 0.317.